The number of hydrogen-bond donors (Lipinski definition) is 0. The lowest BCUT2D eigenvalue weighted by Crippen LogP contribution is -2.30. The molecule has 0 saturated heterocycles. The van der Waals surface area contributed by atoms with Crippen molar-refractivity contribution in [3.05, 3.63) is 70.8 Å². The molecule has 0 unspecified atom stereocenters. The molecule has 0 aromatic heterocycles. The first-order valence-electron chi connectivity index (χ1n) is 6.45. The molecule has 0 atom stereocenters. The standard InChI is InChI=1S/C16H15F2N/c17-15-6-5-14(16(18)9-15)11-19-8-7-12-3-1-2-4-13(12)10-19/h1-6,9H,7-8,10-11H2. The van der Waals surface area contributed by atoms with Crippen LogP contribution < -0.4 is 0 Å². The third-order valence-corrected chi connectivity index (χ3v) is 3.62. The highest BCUT2D eigenvalue weighted by molar-refractivity contribution is 5.29. The Morgan fingerprint density at radius 1 is 1.00 bits per heavy atom. The van der Waals surface area contributed by atoms with Gasteiger partial charge in [0.15, 0.2) is 0 Å². The van der Waals surface area contributed by atoms with Gasteiger partial charge in [0.05, 0.1) is 0 Å². The van der Waals surface area contributed by atoms with Crippen molar-refractivity contribution in [2.24, 2.45) is 0 Å². The summed E-state index contributed by atoms with van der Waals surface area (Å²) in [7, 11) is 0. The number of halogens is 2. The topological polar surface area (TPSA) is 3.24 Å². The Kier molecular flexibility index (Phi) is 3.30. The Morgan fingerprint density at radius 3 is 2.58 bits per heavy atom. The van der Waals surface area contributed by atoms with Crippen LogP contribution in [0.4, 0.5) is 8.78 Å². The zero-order valence-electron chi connectivity index (χ0n) is 10.6. The lowest BCUT2D eigenvalue weighted by atomic mass is 9.99. The Bertz CT molecular complexity index is 595. The van der Waals surface area contributed by atoms with Crippen LogP contribution in [-0.4, -0.2) is 11.4 Å². The summed E-state index contributed by atoms with van der Waals surface area (Å²) in [6, 6.07) is 12.1. The molecular weight excluding hydrogens is 244 g/mol. The molecule has 2 aromatic carbocycles. The highest BCUT2D eigenvalue weighted by Crippen LogP contribution is 2.21. The number of rotatable bonds is 2. The van der Waals surface area contributed by atoms with E-state index in [9.17, 15) is 8.78 Å². The van der Waals surface area contributed by atoms with Crippen molar-refractivity contribution in [3.63, 3.8) is 0 Å². The summed E-state index contributed by atoms with van der Waals surface area (Å²) < 4.78 is 26.5. The number of benzene rings is 2. The minimum Gasteiger partial charge on any atom is -0.294 e. The minimum absolute atomic E-state index is 0.459. The van der Waals surface area contributed by atoms with Crippen LogP contribution in [-0.2, 0) is 19.5 Å². The molecule has 98 valence electrons. The summed E-state index contributed by atoms with van der Waals surface area (Å²) in [5.41, 5.74) is 3.23. The molecule has 0 bridgehead atoms. The van der Waals surface area contributed by atoms with Crippen LogP contribution in [0.25, 0.3) is 0 Å². The quantitative estimate of drug-likeness (QED) is 0.797. The first-order valence-corrected chi connectivity index (χ1v) is 6.45. The third-order valence-electron chi connectivity index (χ3n) is 3.62. The molecular formula is C16H15F2N. The van der Waals surface area contributed by atoms with Gasteiger partial charge in [-0.05, 0) is 23.6 Å². The molecule has 1 heterocycles. The number of fused-ring (bicyclic) bond motifs is 1. The van der Waals surface area contributed by atoms with Gasteiger partial charge in [-0.25, -0.2) is 8.78 Å². The first kappa shape index (κ1) is 12.3. The molecule has 0 N–H and O–H groups in total. The molecule has 3 rings (SSSR count). The van der Waals surface area contributed by atoms with Crippen molar-refractivity contribution in [2.75, 3.05) is 6.54 Å². The summed E-state index contributed by atoms with van der Waals surface area (Å²) in [4.78, 5) is 2.19. The fraction of sp³-hybridized carbons (Fsp3) is 0.250. The Hall–Kier alpha value is -1.74. The molecule has 0 radical (unpaired) electrons. The average molecular weight is 259 g/mol. The van der Waals surface area contributed by atoms with Crippen LogP contribution in [0.1, 0.15) is 16.7 Å². The molecule has 1 nitrogen and oxygen atoms in total. The van der Waals surface area contributed by atoms with E-state index >= 15 is 0 Å². The maximum absolute atomic E-state index is 13.6. The van der Waals surface area contributed by atoms with Crippen molar-refractivity contribution in [1.29, 1.82) is 0 Å². The van der Waals surface area contributed by atoms with Crippen LogP contribution in [0.15, 0.2) is 42.5 Å². The summed E-state index contributed by atoms with van der Waals surface area (Å²) >= 11 is 0. The van der Waals surface area contributed by atoms with Crippen LogP contribution in [0.2, 0.25) is 0 Å². The maximum Gasteiger partial charge on any atom is 0.130 e. The maximum atomic E-state index is 13.6. The lowest BCUT2D eigenvalue weighted by molar-refractivity contribution is 0.242. The van der Waals surface area contributed by atoms with Gasteiger partial charge in [-0.2, -0.15) is 0 Å². The van der Waals surface area contributed by atoms with Crippen LogP contribution >= 0.6 is 0 Å². The van der Waals surface area contributed by atoms with E-state index in [0.717, 1.165) is 25.6 Å². The highest BCUT2D eigenvalue weighted by atomic mass is 19.1. The number of hydrogen-bond acceptors (Lipinski definition) is 1. The second kappa shape index (κ2) is 5.10. The monoisotopic (exact) mass is 259 g/mol. The Morgan fingerprint density at radius 2 is 1.79 bits per heavy atom. The SMILES string of the molecule is Fc1ccc(CN2CCc3ccccc3C2)c(F)c1. The van der Waals surface area contributed by atoms with E-state index in [1.165, 1.54) is 23.3 Å². The van der Waals surface area contributed by atoms with Gasteiger partial charge >= 0.3 is 0 Å². The zero-order valence-corrected chi connectivity index (χ0v) is 10.6. The molecule has 0 spiro atoms. The second-order valence-corrected chi connectivity index (χ2v) is 4.97. The van der Waals surface area contributed by atoms with Crippen molar-refractivity contribution < 1.29 is 8.78 Å². The van der Waals surface area contributed by atoms with Gasteiger partial charge in [0, 0.05) is 31.3 Å². The van der Waals surface area contributed by atoms with E-state index in [1.54, 1.807) is 0 Å². The van der Waals surface area contributed by atoms with Gasteiger partial charge in [-0.15, -0.1) is 0 Å². The van der Waals surface area contributed by atoms with Crippen LogP contribution in [0, 0.1) is 11.6 Å². The highest BCUT2D eigenvalue weighted by Gasteiger charge is 2.17. The van der Waals surface area contributed by atoms with Crippen molar-refractivity contribution in [3.8, 4) is 0 Å². The van der Waals surface area contributed by atoms with Crippen molar-refractivity contribution in [2.45, 2.75) is 19.5 Å². The molecule has 0 fully saturated rings. The summed E-state index contributed by atoms with van der Waals surface area (Å²) in [5.74, 6) is -0.982. The summed E-state index contributed by atoms with van der Waals surface area (Å²) in [5, 5.41) is 0. The smallest absolute Gasteiger partial charge is 0.130 e. The molecule has 19 heavy (non-hydrogen) atoms. The molecule has 0 saturated carbocycles. The van der Waals surface area contributed by atoms with E-state index < -0.39 is 11.6 Å². The van der Waals surface area contributed by atoms with Gasteiger partial charge in [-0.1, -0.05) is 30.3 Å². The summed E-state index contributed by atoms with van der Waals surface area (Å²) in [6.45, 7) is 2.27. The van der Waals surface area contributed by atoms with Crippen molar-refractivity contribution >= 4 is 0 Å². The van der Waals surface area contributed by atoms with Gasteiger partial charge in [-0.3, -0.25) is 4.90 Å². The van der Waals surface area contributed by atoms with E-state index in [1.807, 2.05) is 12.1 Å². The van der Waals surface area contributed by atoms with Gasteiger partial charge in [0.2, 0.25) is 0 Å². The van der Waals surface area contributed by atoms with Crippen LogP contribution in [0.5, 0.6) is 0 Å². The van der Waals surface area contributed by atoms with Gasteiger partial charge < -0.3 is 0 Å². The van der Waals surface area contributed by atoms with Crippen molar-refractivity contribution in [1.82, 2.24) is 4.90 Å². The first-order chi connectivity index (χ1) is 9.22. The molecule has 0 amide bonds. The molecule has 1 aliphatic heterocycles. The average Bonchev–Trinajstić information content (AvgIpc) is 2.42. The summed E-state index contributed by atoms with van der Waals surface area (Å²) in [6.07, 6.45) is 0.985. The molecule has 0 aliphatic carbocycles. The minimum atomic E-state index is -0.523. The van der Waals surface area contributed by atoms with E-state index in [4.69, 9.17) is 0 Å². The predicted octanol–water partition coefficient (Wildman–Crippen LogP) is 3.52. The van der Waals surface area contributed by atoms with Gasteiger partial charge in [0.25, 0.3) is 0 Å². The van der Waals surface area contributed by atoms with Crippen LogP contribution in [0.3, 0.4) is 0 Å². The molecule has 1 aliphatic rings. The number of nitrogens with zero attached hydrogens (tertiary/aromatic N) is 1. The molecule has 2 aromatic rings. The lowest BCUT2D eigenvalue weighted by Gasteiger charge is -2.28. The second-order valence-electron chi connectivity index (χ2n) is 4.97. The fourth-order valence-corrected chi connectivity index (χ4v) is 2.58. The largest absolute Gasteiger partial charge is 0.294 e. The predicted molar refractivity (Wildman–Crippen MR) is 70.6 cm³/mol. The van der Waals surface area contributed by atoms with Gasteiger partial charge in [0.1, 0.15) is 11.6 Å². The Balaban J connectivity index is 1.75. The van der Waals surface area contributed by atoms with E-state index in [-0.39, 0.29) is 0 Å². The van der Waals surface area contributed by atoms with E-state index in [0.29, 0.717) is 12.1 Å². The Labute approximate surface area is 111 Å². The van der Waals surface area contributed by atoms with E-state index in [2.05, 4.69) is 17.0 Å². The molecule has 3 heteroatoms. The zero-order chi connectivity index (χ0) is 13.2. The fourth-order valence-electron chi connectivity index (χ4n) is 2.58. The third kappa shape index (κ3) is 2.66. The normalized spacial score (nSPS) is 15.3.